The van der Waals surface area contributed by atoms with Gasteiger partial charge in [-0.05, 0) is 81.7 Å². The fraction of sp³-hybridized carbons (Fsp3) is 0.370. The molecule has 1 aromatic heterocycles. The highest BCUT2D eigenvalue weighted by atomic mass is 19.1. The fourth-order valence-electron chi connectivity index (χ4n) is 5.11. The maximum atomic E-state index is 14.3. The minimum atomic E-state index is -0.424. The number of rotatable bonds is 6. The van der Waals surface area contributed by atoms with Gasteiger partial charge in [-0.2, -0.15) is 0 Å². The summed E-state index contributed by atoms with van der Waals surface area (Å²) >= 11 is 0. The molecule has 0 saturated carbocycles. The molecule has 176 valence electrons. The molecule has 1 fully saturated rings. The van der Waals surface area contributed by atoms with E-state index < -0.39 is 5.82 Å². The number of likely N-dealkylation sites (tertiary alicyclic amines) is 1. The van der Waals surface area contributed by atoms with Gasteiger partial charge in [-0.25, -0.2) is 8.78 Å². The number of piperidine rings is 1. The Morgan fingerprint density at radius 3 is 2.50 bits per heavy atom. The van der Waals surface area contributed by atoms with Crippen molar-refractivity contribution in [1.82, 2.24) is 10.1 Å². The van der Waals surface area contributed by atoms with Crippen LogP contribution in [0.4, 0.5) is 8.78 Å². The Labute approximate surface area is 196 Å². The van der Waals surface area contributed by atoms with Crippen molar-refractivity contribution in [1.29, 1.82) is 0 Å². The molecule has 0 amide bonds. The van der Waals surface area contributed by atoms with Crippen LogP contribution in [0.2, 0.25) is 0 Å². The summed E-state index contributed by atoms with van der Waals surface area (Å²) in [5, 5.41) is 4.02. The first-order chi connectivity index (χ1) is 16.5. The predicted molar refractivity (Wildman–Crippen MR) is 123 cm³/mol. The van der Waals surface area contributed by atoms with Crippen molar-refractivity contribution in [2.45, 2.75) is 32.1 Å². The van der Waals surface area contributed by atoms with E-state index in [-0.39, 0.29) is 34.8 Å². The molecule has 1 atom stereocenters. The highest BCUT2D eigenvalue weighted by molar-refractivity contribution is 6.04. The molecule has 7 heteroatoms. The summed E-state index contributed by atoms with van der Waals surface area (Å²) in [5.74, 6) is -0.393. The molecule has 2 heterocycles. The number of aryl methyl sites for hydroxylation is 1. The summed E-state index contributed by atoms with van der Waals surface area (Å²) in [4.78, 5) is 28.3. The number of halogens is 2. The third kappa shape index (κ3) is 4.44. The van der Waals surface area contributed by atoms with Crippen LogP contribution in [0.3, 0.4) is 0 Å². The van der Waals surface area contributed by atoms with E-state index in [0.717, 1.165) is 32.5 Å². The molecule has 5 nitrogen and oxygen atoms in total. The lowest BCUT2D eigenvalue weighted by atomic mass is 9.82. The average Bonchev–Trinajstić information content (AvgIpc) is 3.29. The largest absolute Gasteiger partial charge is 0.360 e. The summed E-state index contributed by atoms with van der Waals surface area (Å²) in [6.07, 6.45) is 3.51. The zero-order valence-corrected chi connectivity index (χ0v) is 18.8. The van der Waals surface area contributed by atoms with Crippen LogP contribution in [0, 0.1) is 23.5 Å². The average molecular weight is 465 g/mol. The van der Waals surface area contributed by atoms with Gasteiger partial charge >= 0.3 is 0 Å². The normalized spacial score (nSPS) is 19.2. The van der Waals surface area contributed by atoms with Gasteiger partial charge in [0, 0.05) is 29.4 Å². The monoisotopic (exact) mass is 464 g/mol. The zero-order chi connectivity index (χ0) is 23.7. The van der Waals surface area contributed by atoms with Gasteiger partial charge in [0.05, 0.1) is 5.56 Å². The molecule has 2 aliphatic rings. The Morgan fingerprint density at radius 1 is 1.03 bits per heavy atom. The smallest absolute Gasteiger partial charge is 0.171 e. The first-order valence-electron chi connectivity index (χ1n) is 11.8. The van der Waals surface area contributed by atoms with Crippen molar-refractivity contribution in [2.75, 3.05) is 19.6 Å². The van der Waals surface area contributed by atoms with Crippen LogP contribution in [0.15, 0.2) is 53.1 Å². The highest BCUT2D eigenvalue weighted by Gasteiger charge is 2.35. The predicted octanol–water partition coefficient (Wildman–Crippen LogP) is 5.35. The Morgan fingerprint density at radius 2 is 1.76 bits per heavy atom. The second-order valence-electron chi connectivity index (χ2n) is 9.18. The number of Topliss-reactive ketones (excluding diaryl/α,β-unsaturated/α-hetero) is 2. The Kier molecular flexibility index (Phi) is 6.37. The second-order valence-corrected chi connectivity index (χ2v) is 9.18. The number of benzene rings is 2. The van der Waals surface area contributed by atoms with Gasteiger partial charge in [0.2, 0.25) is 0 Å². The van der Waals surface area contributed by atoms with Crippen LogP contribution >= 0.6 is 0 Å². The van der Waals surface area contributed by atoms with Crippen molar-refractivity contribution in [3.05, 3.63) is 77.1 Å². The lowest BCUT2D eigenvalue weighted by Gasteiger charge is -2.32. The number of fused-ring (bicyclic) bond motifs is 1. The van der Waals surface area contributed by atoms with E-state index in [2.05, 4.69) is 10.1 Å². The molecule has 0 N–H and O–H groups in total. The van der Waals surface area contributed by atoms with Gasteiger partial charge in [0.25, 0.3) is 0 Å². The number of carbonyl (C=O) groups excluding carboxylic acids is 2. The first kappa shape index (κ1) is 22.6. The number of aromatic nitrogens is 1. The summed E-state index contributed by atoms with van der Waals surface area (Å²) < 4.78 is 32.8. The van der Waals surface area contributed by atoms with Crippen LogP contribution in [0.5, 0.6) is 0 Å². The summed E-state index contributed by atoms with van der Waals surface area (Å²) in [7, 11) is 0. The van der Waals surface area contributed by atoms with E-state index in [1.807, 2.05) is 0 Å². The number of nitrogens with zero attached hydrogens (tertiary/aromatic N) is 2. The van der Waals surface area contributed by atoms with Gasteiger partial charge in [0.1, 0.15) is 23.1 Å². The third-order valence-corrected chi connectivity index (χ3v) is 7.11. The molecule has 34 heavy (non-hydrogen) atoms. The van der Waals surface area contributed by atoms with Crippen LogP contribution in [0.25, 0.3) is 11.3 Å². The van der Waals surface area contributed by atoms with Crippen LogP contribution < -0.4 is 0 Å². The van der Waals surface area contributed by atoms with Crippen LogP contribution in [0.1, 0.15) is 52.2 Å². The van der Waals surface area contributed by atoms with Crippen molar-refractivity contribution < 1.29 is 22.9 Å². The van der Waals surface area contributed by atoms with Gasteiger partial charge < -0.3 is 9.42 Å². The van der Waals surface area contributed by atoms with E-state index in [1.54, 1.807) is 30.3 Å². The molecule has 2 aromatic carbocycles. The van der Waals surface area contributed by atoms with Gasteiger partial charge in [0.15, 0.2) is 11.6 Å². The number of ketones is 2. The van der Waals surface area contributed by atoms with Gasteiger partial charge in [-0.1, -0.05) is 17.3 Å². The minimum absolute atomic E-state index is 0.0258. The molecule has 0 radical (unpaired) electrons. The quantitative estimate of drug-likeness (QED) is 0.460. The van der Waals surface area contributed by atoms with Gasteiger partial charge in [-0.15, -0.1) is 0 Å². The maximum Gasteiger partial charge on any atom is 0.171 e. The molecular weight excluding hydrogens is 438 g/mol. The molecule has 3 aromatic rings. The topological polar surface area (TPSA) is 63.4 Å². The molecule has 0 bridgehead atoms. The number of hydrogen-bond donors (Lipinski definition) is 0. The summed E-state index contributed by atoms with van der Waals surface area (Å²) in [5.41, 5.74) is 1.56. The Balaban J connectivity index is 1.18. The van der Waals surface area contributed by atoms with Crippen LogP contribution in [-0.4, -0.2) is 41.3 Å². The standard InChI is InChI=1S/C27H26F2N2O3/c28-20-8-5-17(6-9-20)26(32)19-12-15-31(16-13-19)14-11-18-7-10-23-24(27(18)33)25(30-34-23)21-3-1-2-4-22(21)29/h1-6,8-9,18-19H,7,10-16H2. The van der Waals surface area contributed by atoms with Crippen molar-refractivity contribution in [3.8, 4) is 11.3 Å². The summed E-state index contributed by atoms with van der Waals surface area (Å²) in [6, 6.07) is 12.0. The minimum Gasteiger partial charge on any atom is -0.360 e. The molecule has 1 saturated heterocycles. The molecule has 1 aliphatic heterocycles. The molecule has 0 spiro atoms. The van der Waals surface area contributed by atoms with E-state index in [9.17, 15) is 18.4 Å². The summed E-state index contributed by atoms with van der Waals surface area (Å²) in [6.45, 7) is 2.35. The van der Waals surface area contributed by atoms with Crippen molar-refractivity contribution in [3.63, 3.8) is 0 Å². The molecular formula is C27H26F2N2O3. The van der Waals surface area contributed by atoms with E-state index in [4.69, 9.17) is 4.52 Å². The Bertz CT molecular complexity index is 1200. The SMILES string of the molecule is O=C(c1ccc(F)cc1)C1CCN(CCC2CCc3onc(-c4ccccc4F)c3C2=O)CC1. The lowest BCUT2D eigenvalue weighted by molar-refractivity contribution is 0.0818. The third-order valence-electron chi connectivity index (χ3n) is 7.11. The van der Waals surface area contributed by atoms with Gasteiger partial charge in [-0.3, -0.25) is 9.59 Å². The Hall–Kier alpha value is -3.19. The first-order valence-corrected chi connectivity index (χ1v) is 11.8. The number of hydrogen-bond acceptors (Lipinski definition) is 5. The fourth-order valence-corrected chi connectivity index (χ4v) is 5.11. The van der Waals surface area contributed by atoms with Crippen molar-refractivity contribution >= 4 is 11.6 Å². The maximum absolute atomic E-state index is 14.3. The lowest BCUT2D eigenvalue weighted by Crippen LogP contribution is -2.38. The van der Waals surface area contributed by atoms with Crippen LogP contribution in [-0.2, 0) is 6.42 Å². The molecule has 1 unspecified atom stereocenters. The molecule has 1 aliphatic carbocycles. The van der Waals surface area contributed by atoms with E-state index in [1.165, 1.54) is 18.2 Å². The number of carbonyl (C=O) groups is 2. The van der Waals surface area contributed by atoms with Crippen molar-refractivity contribution in [2.24, 2.45) is 11.8 Å². The van der Waals surface area contributed by atoms with E-state index in [0.29, 0.717) is 41.8 Å². The zero-order valence-electron chi connectivity index (χ0n) is 18.8. The highest BCUT2D eigenvalue weighted by Crippen LogP contribution is 2.36. The molecule has 5 rings (SSSR count). The second kappa shape index (κ2) is 9.58. The van der Waals surface area contributed by atoms with E-state index >= 15 is 0 Å².